The molecule has 27 heavy (non-hydrogen) atoms. The van der Waals surface area contributed by atoms with Crippen molar-refractivity contribution in [1.82, 2.24) is 14.9 Å². The van der Waals surface area contributed by atoms with Crippen LogP contribution < -0.4 is 14.4 Å². The Bertz CT molecular complexity index is 833. The molecule has 0 unspecified atom stereocenters. The molecule has 4 rings (SSSR count). The number of hydrogen-bond donors (Lipinski definition) is 0. The van der Waals surface area contributed by atoms with Crippen molar-refractivity contribution in [1.29, 1.82) is 5.26 Å². The van der Waals surface area contributed by atoms with E-state index in [1.807, 2.05) is 12.1 Å². The van der Waals surface area contributed by atoms with E-state index in [0.29, 0.717) is 18.8 Å². The Morgan fingerprint density at radius 1 is 1.15 bits per heavy atom. The Hall–Kier alpha value is -2.50. The summed E-state index contributed by atoms with van der Waals surface area (Å²) < 4.78 is 11.5. The highest BCUT2D eigenvalue weighted by atomic mass is 32.2. The Labute approximate surface area is 162 Å². The molecule has 1 aromatic heterocycles. The van der Waals surface area contributed by atoms with Gasteiger partial charge in [-0.25, -0.2) is 9.97 Å². The van der Waals surface area contributed by atoms with Gasteiger partial charge in [-0.1, -0.05) is 6.07 Å². The van der Waals surface area contributed by atoms with Crippen LogP contribution in [0.25, 0.3) is 0 Å². The second-order valence-electron chi connectivity index (χ2n) is 6.33. The number of fused-ring (bicyclic) bond motifs is 1. The van der Waals surface area contributed by atoms with Gasteiger partial charge >= 0.3 is 0 Å². The summed E-state index contributed by atoms with van der Waals surface area (Å²) in [5, 5.41) is 9.87. The van der Waals surface area contributed by atoms with Crippen LogP contribution in [-0.2, 0) is 0 Å². The minimum atomic E-state index is 0.545. The van der Waals surface area contributed by atoms with Gasteiger partial charge in [-0.2, -0.15) is 5.26 Å². The number of benzene rings is 1. The molecule has 2 aromatic rings. The number of anilines is 1. The van der Waals surface area contributed by atoms with Gasteiger partial charge in [0.15, 0.2) is 11.5 Å². The Kier molecular flexibility index (Phi) is 5.61. The molecule has 0 radical (unpaired) electrons. The van der Waals surface area contributed by atoms with E-state index in [-0.39, 0.29) is 0 Å². The van der Waals surface area contributed by atoms with Crippen LogP contribution in [0.5, 0.6) is 11.5 Å². The van der Waals surface area contributed by atoms with E-state index >= 15 is 0 Å². The highest BCUT2D eigenvalue weighted by Gasteiger charge is 2.23. The lowest BCUT2D eigenvalue weighted by molar-refractivity contribution is 0.171. The van der Waals surface area contributed by atoms with Gasteiger partial charge in [-0.05, 0) is 12.1 Å². The van der Waals surface area contributed by atoms with E-state index in [4.69, 9.17) is 14.7 Å². The molecule has 0 N–H and O–H groups in total. The summed E-state index contributed by atoms with van der Waals surface area (Å²) in [6.45, 7) is 6.11. The van der Waals surface area contributed by atoms with Crippen molar-refractivity contribution < 1.29 is 9.47 Å². The molecule has 8 heteroatoms. The Morgan fingerprint density at radius 3 is 2.85 bits per heavy atom. The first-order valence-corrected chi connectivity index (χ1v) is 10.0. The van der Waals surface area contributed by atoms with E-state index < -0.39 is 0 Å². The molecular weight excluding hydrogens is 362 g/mol. The summed E-state index contributed by atoms with van der Waals surface area (Å²) in [6, 6.07) is 8.25. The molecule has 7 nitrogen and oxygen atoms in total. The zero-order chi connectivity index (χ0) is 18.5. The summed E-state index contributed by atoms with van der Waals surface area (Å²) in [5.41, 5.74) is 1.67. The monoisotopic (exact) mass is 383 g/mol. The molecule has 0 atom stereocenters. The van der Waals surface area contributed by atoms with E-state index in [1.165, 1.54) is 6.33 Å². The zero-order valence-corrected chi connectivity index (χ0v) is 15.8. The van der Waals surface area contributed by atoms with Gasteiger partial charge in [0.05, 0.1) is 5.69 Å². The maximum absolute atomic E-state index is 9.11. The van der Waals surface area contributed by atoms with Crippen molar-refractivity contribution >= 4 is 17.4 Å². The fourth-order valence-electron chi connectivity index (χ4n) is 3.30. The minimum Gasteiger partial charge on any atom is -0.486 e. The van der Waals surface area contributed by atoms with Gasteiger partial charge in [0.1, 0.15) is 36.2 Å². The van der Waals surface area contributed by atoms with Gasteiger partial charge in [-0.15, -0.1) is 11.8 Å². The number of ether oxygens (including phenoxy) is 2. The molecule has 1 aromatic carbocycles. The summed E-state index contributed by atoms with van der Waals surface area (Å²) in [6.07, 6.45) is 3.06. The first-order chi connectivity index (χ1) is 13.3. The van der Waals surface area contributed by atoms with Crippen LogP contribution in [0.3, 0.4) is 0 Å². The smallest absolute Gasteiger partial charge is 0.184 e. The summed E-state index contributed by atoms with van der Waals surface area (Å²) in [5.74, 6) is 2.62. The number of piperazine rings is 1. The van der Waals surface area contributed by atoms with Gasteiger partial charge < -0.3 is 14.4 Å². The standard InChI is InChI=1S/C19H21N5O2S/c20-12-15-13-21-14-22-19(15)27-11-8-23-4-6-24(7-5-23)16-2-1-3-17-18(16)26-10-9-25-17/h1-3,13-14H,4-11H2. The molecule has 1 fully saturated rings. The number of rotatable bonds is 5. The van der Waals surface area contributed by atoms with E-state index in [9.17, 15) is 0 Å². The Balaban J connectivity index is 1.29. The molecule has 1 saturated heterocycles. The lowest BCUT2D eigenvalue weighted by Crippen LogP contribution is -2.47. The minimum absolute atomic E-state index is 0.545. The van der Waals surface area contributed by atoms with Crippen LogP contribution in [0.2, 0.25) is 0 Å². The van der Waals surface area contributed by atoms with Crippen LogP contribution >= 0.6 is 11.8 Å². The van der Waals surface area contributed by atoms with Crippen molar-refractivity contribution in [3.05, 3.63) is 36.3 Å². The van der Waals surface area contributed by atoms with Gasteiger partial charge in [-0.3, -0.25) is 4.90 Å². The third kappa shape index (κ3) is 4.10. The summed E-state index contributed by atoms with van der Waals surface area (Å²) in [4.78, 5) is 12.9. The van der Waals surface area contributed by atoms with E-state index in [2.05, 4.69) is 31.9 Å². The maximum Gasteiger partial charge on any atom is 0.184 e. The van der Waals surface area contributed by atoms with Crippen molar-refractivity contribution in [3.8, 4) is 17.6 Å². The molecule has 0 amide bonds. The molecule has 0 bridgehead atoms. The van der Waals surface area contributed by atoms with Crippen LogP contribution in [-0.4, -0.2) is 66.6 Å². The highest BCUT2D eigenvalue weighted by Crippen LogP contribution is 2.39. The predicted octanol–water partition coefficient (Wildman–Crippen LogP) is 2.03. The lowest BCUT2D eigenvalue weighted by atomic mass is 10.2. The van der Waals surface area contributed by atoms with Crippen LogP contribution in [0.1, 0.15) is 5.56 Å². The summed E-state index contributed by atoms with van der Waals surface area (Å²) in [7, 11) is 0. The average molecular weight is 383 g/mol. The SMILES string of the molecule is N#Cc1cncnc1SCCN1CCN(c2cccc3c2OCCO3)CC1. The van der Waals surface area contributed by atoms with Crippen molar-refractivity contribution in [2.24, 2.45) is 0 Å². The molecule has 2 aliphatic rings. The zero-order valence-electron chi connectivity index (χ0n) is 15.0. The van der Waals surface area contributed by atoms with Crippen molar-refractivity contribution in [2.45, 2.75) is 5.03 Å². The third-order valence-electron chi connectivity index (χ3n) is 4.70. The largest absolute Gasteiger partial charge is 0.486 e. The molecule has 0 saturated carbocycles. The topological polar surface area (TPSA) is 74.5 Å². The van der Waals surface area contributed by atoms with Gasteiger partial charge in [0.25, 0.3) is 0 Å². The fraction of sp³-hybridized carbons (Fsp3) is 0.421. The summed E-state index contributed by atoms with van der Waals surface area (Å²) >= 11 is 1.62. The van der Waals surface area contributed by atoms with E-state index in [1.54, 1.807) is 18.0 Å². The Morgan fingerprint density at radius 2 is 2.00 bits per heavy atom. The molecule has 2 aliphatic heterocycles. The van der Waals surface area contributed by atoms with Crippen molar-refractivity contribution in [3.63, 3.8) is 0 Å². The number of thioether (sulfide) groups is 1. The number of nitriles is 1. The normalized spacial score (nSPS) is 16.8. The van der Waals surface area contributed by atoms with Crippen LogP contribution in [0.4, 0.5) is 5.69 Å². The quantitative estimate of drug-likeness (QED) is 0.574. The number of aromatic nitrogens is 2. The van der Waals surface area contributed by atoms with Gasteiger partial charge in [0, 0.05) is 44.7 Å². The van der Waals surface area contributed by atoms with Crippen LogP contribution in [0.15, 0.2) is 35.7 Å². The van der Waals surface area contributed by atoms with Crippen LogP contribution in [0, 0.1) is 11.3 Å². The van der Waals surface area contributed by atoms with Crippen molar-refractivity contribution in [2.75, 3.05) is 56.6 Å². The van der Waals surface area contributed by atoms with E-state index in [0.717, 1.165) is 60.7 Å². The lowest BCUT2D eigenvalue weighted by Gasteiger charge is -2.37. The predicted molar refractivity (Wildman–Crippen MR) is 104 cm³/mol. The number of para-hydroxylation sites is 1. The third-order valence-corrected chi connectivity index (χ3v) is 5.69. The van der Waals surface area contributed by atoms with Gasteiger partial charge in [0.2, 0.25) is 0 Å². The highest BCUT2D eigenvalue weighted by molar-refractivity contribution is 7.99. The molecule has 140 valence electrons. The molecule has 0 spiro atoms. The fourth-order valence-corrected chi connectivity index (χ4v) is 4.22. The number of nitrogens with zero attached hydrogens (tertiary/aromatic N) is 5. The molecular formula is C19H21N5O2S. The molecule has 3 heterocycles. The number of hydrogen-bond acceptors (Lipinski definition) is 8. The second kappa shape index (κ2) is 8.46. The first-order valence-electron chi connectivity index (χ1n) is 9.04. The first kappa shape index (κ1) is 17.9. The molecule has 0 aliphatic carbocycles. The second-order valence-corrected chi connectivity index (χ2v) is 7.42. The maximum atomic E-state index is 9.11. The average Bonchev–Trinajstić information content (AvgIpc) is 2.74.